The third-order valence-electron chi connectivity index (χ3n) is 6.70. The largest absolute Gasteiger partial charge is 0.514 e. The maximum Gasteiger partial charge on any atom is 0.514 e. The predicted octanol–water partition coefficient (Wildman–Crippen LogP) is 3.55. The van der Waals surface area contributed by atoms with Crippen LogP contribution in [0.25, 0.3) is 0 Å². The van der Waals surface area contributed by atoms with Crippen molar-refractivity contribution in [3.63, 3.8) is 0 Å². The Kier molecular flexibility index (Phi) is 19.2. The fourth-order valence-corrected chi connectivity index (χ4v) is 8.48. The van der Waals surface area contributed by atoms with Gasteiger partial charge in [0.2, 0.25) is 5.91 Å². The summed E-state index contributed by atoms with van der Waals surface area (Å²) in [6.07, 6.45) is 2.90. The van der Waals surface area contributed by atoms with Crippen LogP contribution in [0.3, 0.4) is 0 Å². The highest BCUT2D eigenvalue weighted by atomic mass is 28.4. The minimum Gasteiger partial charge on any atom is -0.481 e. The summed E-state index contributed by atoms with van der Waals surface area (Å²) in [5, 5.41) is 21.3. The van der Waals surface area contributed by atoms with Crippen molar-refractivity contribution in [1.29, 1.82) is 0 Å². The lowest BCUT2D eigenvalue weighted by atomic mass is 9.96. The summed E-state index contributed by atoms with van der Waals surface area (Å²) in [7, 11) is 3.03. The number of carboxylic acids is 2. The minimum absolute atomic E-state index is 0.0347. The van der Waals surface area contributed by atoms with E-state index in [0.717, 1.165) is 12.8 Å². The number of carbonyl (C=O) groups excluding carboxylic acids is 1. The summed E-state index contributed by atoms with van der Waals surface area (Å²) in [5.41, 5.74) is -1.08. The van der Waals surface area contributed by atoms with Crippen LogP contribution in [-0.4, -0.2) is 93.9 Å². The number of nitrogens with one attached hydrogen (secondary N) is 1. The molecule has 1 amide bonds. The van der Waals surface area contributed by atoms with Crippen LogP contribution in [-0.2, 0) is 40.9 Å². The summed E-state index contributed by atoms with van der Waals surface area (Å²) < 4.78 is 31.6. The summed E-state index contributed by atoms with van der Waals surface area (Å²) in [4.78, 5) is 34.6. The Morgan fingerprint density at radius 3 is 1.53 bits per heavy atom. The molecule has 0 bridgehead atoms. The van der Waals surface area contributed by atoms with E-state index in [1.165, 1.54) is 42.7 Å². The highest BCUT2D eigenvalue weighted by molar-refractivity contribution is 6.66. The Morgan fingerprint density at radius 1 is 0.763 bits per heavy atom. The molecule has 14 heteroatoms. The summed E-state index contributed by atoms with van der Waals surface area (Å²) in [6.45, 7) is 9.63. The van der Waals surface area contributed by atoms with Crippen molar-refractivity contribution in [2.75, 3.05) is 42.7 Å². The van der Waals surface area contributed by atoms with Gasteiger partial charge in [0, 0.05) is 60.2 Å². The quantitative estimate of drug-likeness (QED) is 0.190. The van der Waals surface area contributed by atoms with E-state index in [1.807, 2.05) is 34.6 Å². The fraction of sp³-hybridized carbons (Fsp3) is 0.875. The third kappa shape index (κ3) is 12.2. The highest BCUT2D eigenvalue weighted by Gasteiger charge is 2.51. The molecule has 12 nitrogen and oxygen atoms in total. The minimum atomic E-state index is -3.03. The first-order chi connectivity index (χ1) is 17.6. The molecule has 3 atom stereocenters. The molecule has 0 heterocycles. The van der Waals surface area contributed by atoms with Gasteiger partial charge in [-0.3, -0.25) is 14.4 Å². The normalized spacial score (nSPS) is 14.6. The molecule has 0 spiro atoms. The van der Waals surface area contributed by atoms with Gasteiger partial charge < -0.3 is 42.1 Å². The summed E-state index contributed by atoms with van der Waals surface area (Å²) >= 11 is 0. The van der Waals surface area contributed by atoms with Gasteiger partial charge in [-0.2, -0.15) is 0 Å². The van der Waals surface area contributed by atoms with E-state index in [4.69, 9.17) is 31.7 Å². The van der Waals surface area contributed by atoms with Crippen molar-refractivity contribution in [1.82, 2.24) is 5.32 Å². The smallest absolute Gasteiger partial charge is 0.481 e. The molecule has 0 aliphatic rings. The van der Waals surface area contributed by atoms with E-state index >= 15 is 0 Å². The van der Waals surface area contributed by atoms with Gasteiger partial charge >= 0.3 is 29.5 Å². The van der Waals surface area contributed by atoms with Crippen molar-refractivity contribution in [2.24, 2.45) is 5.92 Å². The number of carbonyl (C=O) groups is 3. The average molecular weight is 586 g/mol. The molecular formula is C24H51NO11Si2. The lowest BCUT2D eigenvalue weighted by Gasteiger charge is -2.30. The Hall–Kier alpha value is -1.40. The first-order valence-corrected chi connectivity index (χ1v) is 16.3. The van der Waals surface area contributed by atoms with E-state index in [2.05, 4.69) is 5.32 Å². The number of hydrogen-bond donors (Lipinski definition) is 3. The van der Waals surface area contributed by atoms with Crippen molar-refractivity contribution >= 4 is 35.5 Å². The lowest BCUT2D eigenvalue weighted by Crippen LogP contribution is -2.50. The zero-order valence-electron chi connectivity index (χ0n) is 25.0. The molecule has 0 saturated heterocycles. The first kappa shape index (κ1) is 38.7. The van der Waals surface area contributed by atoms with Crippen molar-refractivity contribution < 1.29 is 51.2 Å². The predicted molar refractivity (Wildman–Crippen MR) is 147 cm³/mol. The Balaban J connectivity index is 0. The van der Waals surface area contributed by atoms with Gasteiger partial charge in [-0.05, 0) is 39.5 Å². The maximum atomic E-state index is 12.1. The molecule has 0 fully saturated rings. The maximum absolute atomic E-state index is 12.1. The van der Waals surface area contributed by atoms with E-state index in [1.54, 1.807) is 0 Å². The molecule has 0 aromatic rings. The summed E-state index contributed by atoms with van der Waals surface area (Å²) in [5.74, 6) is -2.87. The van der Waals surface area contributed by atoms with Crippen LogP contribution in [0.2, 0.25) is 11.1 Å². The van der Waals surface area contributed by atoms with Crippen LogP contribution in [0.1, 0.15) is 73.1 Å². The third-order valence-corrected chi connectivity index (χ3v) is 13.0. The molecule has 0 aliphatic carbocycles. The Morgan fingerprint density at radius 2 is 1.21 bits per heavy atom. The van der Waals surface area contributed by atoms with Gasteiger partial charge in [0.25, 0.3) is 0 Å². The number of carboxylic acid groups (broad SMARTS) is 2. The van der Waals surface area contributed by atoms with Crippen LogP contribution in [0.5, 0.6) is 0 Å². The van der Waals surface area contributed by atoms with Gasteiger partial charge in [-0.25, -0.2) is 0 Å². The Labute approximate surface area is 230 Å². The van der Waals surface area contributed by atoms with Gasteiger partial charge in [0.1, 0.15) is 5.54 Å². The van der Waals surface area contributed by atoms with Gasteiger partial charge in [-0.1, -0.05) is 27.2 Å². The van der Waals surface area contributed by atoms with Gasteiger partial charge in [0.05, 0.1) is 5.92 Å². The summed E-state index contributed by atoms with van der Waals surface area (Å²) in [6, 6.07) is 0. The zero-order valence-corrected chi connectivity index (χ0v) is 27.0. The van der Waals surface area contributed by atoms with Crippen molar-refractivity contribution in [2.45, 2.75) is 89.8 Å². The van der Waals surface area contributed by atoms with E-state index in [0.29, 0.717) is 19.3 Å². The zero-order chi connectivity index (χ0) is 30.2. The average Bonchev–Trinajstić information content (AvgIpc) is 2.88. The fourth-order valence-electron chi connectivity index (χ4n) is 3.95. The van der Waals surface area contributed by atoms with Crippen LogP contribution in [0.15, 0.2) is 0 Å². The second-order valence-corrected chi connectivity index (χ2v) is 16.2. The molecule has 0 rings (SSSR count). The van der Waals surface area contributed by atoms with E-state index in [-0.39, 0.29) is 23.4 Å². The number of rotatable bonds is 19. The van der Waals surface area contributed by atoms with E-state index in [9.17, 15) is 19.5 Å². The lowest BCUT2D eigenvalue weighted by molar-refractivity contribution is -0.144. The van der Waals surface area contributed by atoms with Gasteiger partial charge in [0.15, 0.2) is 0 Å². The molecular weight excluding hydrogens is 534 g/mol. The van der Waals surface area contributed by atoms with Crippen molar-refractivity contribution in [3.05, 3.63) is 0 Å². The van der Waals surface area contributed by atoms with E-state index < -0.39 is 41.0 Å². The molecule has 38 heavy (non-hydrogen) atoms. The van der Waals surface area contributed by atoms with Crippen LogP contribution < -0.4 is 5.32 Å². The highest BCUT2D eigenvalue weighted by Crippen LogP contribution is 2.31. The number of aliphatic carboxylic acids is 2. The first-order valence-electron chi connectivity index (χ1n) is 12.7. The molecule has 0 aliphatic heterocycles. The molecule has 3 unspecified atom stereocenters. The second-order valence-electron chi connectivity index (χ2n) is 9.61. The van der Waals surface area contributed by atoms with Gasteiger partial charge in [-0.15, -0.1) is 0 Å². The second kappa shape index (κ2) is 18.8. The molecule has 0 radical (unpaired) electrons. The molecule has 0 aromatic carbocycles. The monoisotopic (exact) mass is 585 g/mol. The molecule has 3 N–H and O–H groups in total. The Bertz CT molecular complexity index is 684. The van der Waals surface area contributed by atoms with Crippen molar-refractivity contribution in [3.8, 4) is 0 Å². The topological polar surface area (TPSA) is 159 Å². The van der Waals surface area contributed by atoms with Crippen LogP contribution in [0.4, 0.5) is 0 Å². The molecule has 0 aromatic heterocycles. The molecule has 0 saturated carbocycles. The van der Waals surface area contributed by atoms with Crippen LogP contribution in [0, 0.1) is 5.92 Å². The SMILES string of the molecule is CCC(C)(C)NC(=O)CC(CCC(C)[Si](OC)(OC)OC)C(=O)O.CCCC(C(=O)O)[Si](OC)(OC)OC. The van der Waals surface area contributed by atoms with Crippen LogP contribution >= 0.6 is 0 Å². The number of amides is 1. The standard InChI is InChI=1S/C16H33NO6Si.C8H18O5Si/c1-8-16(3,4)17-14(18)11-13(15(19)20)10-9-12(2)24(21-5,22-6)23-7;1-5-6-7(8(9)10)14(11-2,12-3)13-4/h12-13H,8-11H2,1-7H3,(H,17,18)(H,19,20);7H,5-6H2,1-4H3,(H,9,10). The number of hydrogen-bond acceptors (Lipinski definition) is 9. The molecule has 226 valence electrons.